The average Bonchev–Trinajstić information content (AvgIpc) is 3.18. The highest BCUT2D eigenvalue weighted by Gasteiger charge is 2.47. The van der Waals surface area contributed by atoms with Crippen LogP contribution in [0.25, 0.3) is 0 Å². The number of likely N-dealkylation sites (tertiary alicyclic amines) is 1. The van der Waals surface area contributed by atoms with Crippen LogP contribution in [0.5, 0.6) is 0 Å². The Morgan fingerprint density at radius 3 is 2.75 bits per heavy atom. The van der Waals surface area contributed by atoms with E-state index in [-0.39, 0.29) is 18.1 Å². The van der Waals surface area contributed by atoms with E-state index in [0.717, 1.165) is 31.4 Å². The van der Waals surface area contributed by atoms with E-state index in [0.29, 0.717) is 12.5 Å². The van der Waals surface area contributed by atoms with Crippen molar-refractivity contribution in [3.8, 4) is 0 Å². The molecule has 2 aliphatic carbocycles. The number of hydrogen-bond acceptors (Lipinski definition) is 3. The van der Waals surface area contributed by atoms with Gasteiger partial charge in [0.1, 0.15) is 0 Å². The van der Waals surface area contributed by atoms with Crippen LogP contribution in [-0.2, 0) is 22.9 Å². The fraction of sp³-hybridized carbons (Fsp3) is 0.588. The van der Waals surface area contributed by atoms with Gasteiger partial charge in [0.05, 0.1) is 12.3 Å². The standard InChI is InChI=1S/C17H23N3O3S/c1-24(22,23)19-15-7-11-8-16(15)20(10-11)17(21)18-14-6-5-12-3-2-4-13(12)9-14/h5-6,9,11,15-16,19H,2-4,7-8,10H2,1H3,(H,18,21)/t11-,15+,16-/m1/s1. The minimum atomic E-state index is -3.25. The number of rotatable bonds is 3. The molecule has 130 valence electrons. The number of nitrogens with zero attached hydrogens (tertiary/aromatic N) is 1. The van der Waals surface area contributed by atoms with Gasteiger partial charge in [0, 0.05) is 18.3 Å². The Kier molecular flexibility index (Phi) is 3.80. The molecule has 1 aromatic carbocycles. The first-order chi connectivity index (χ1) is 11.4. The summed E-state index contributed by atoms with van der Waals surface area (Å²) in [6, 6.07) is 5.80. The second kappa shape index (κ2) is 5.74. The van der Waals surface area contributed by atoms with Gasteiger partial charge in [-0.15, -0.1) is 0 Å². The van der Waals surface area contributed by atoms with Crippen LogP contribution in [0.1, 0.15) is 30.4 Å². The van der Waals surface area contributed by atoms with Crippen molar-refractivity contribution >= 4 is 21.7 Å². The van der Waals surface area contributed by atoms with Crippen molar-refractivity contribution in [1.82, 2.24) is 9.62 Å². The second-order valence-electron chi connectivity index (χ2n) is 7.32. The smallest absolute Gasteiger partial charge is 0.320 e. The summed E-state index contributed by atoms with van der Waals surface area (Å²) in [5.41, 5.74) is 3.54. The Hall–Kier alpha value is -1.60. The molecule has 2 N–H and O–H groups in total. The molecule has 1 heterocycles. The molecule has 3 aliphatic rings. The maximum absolute atomic E-state index is 12.7. The largest absolute Gasteiger partial charge is 0.322 e. The number of sulfonamides is 1. The molecule has 0 aromatic heterocycles. The Labute approximate surface area is 142 Å². The quantitative estimate of drug-likeness (QED) is 0.872. The Morgan fingerprint density at radius 2 is 2.00 bits per heavy atom. The molecule has 0 radical (unpaired) electrons. The van der Waals surface area contributed by atoms with Gasteiger partial charge in [-0.1, -0.05) is 6.07 Å². The van der Waals surface area contributed by atoms with Crippen LogP contribution in [0.15, 0.2) is 18.2 Å². The van der Waals surface area contributed by atoms with E-state index in [1.54, 1.807) is 4.90 Å². The van der Waals surface area contributed by atoms with Crippen LogP contribution in [0.3, 0.4) is 0 Å². The molecule has 1 saturated carbocycles. The molecular weight excluding hydrogens is 326 g/mol. The van der Waals surface area contributed by atoms with Crippen molar-refractivity contribution < 1.29 is 13.2 Å². The lowest BCUT2D eigenvalue weighted by Crippen LogP contribution is -2.52. The van der Waals surface area contributed by atoms with Gasteiger partial charge in [-0.2, -0.15) is 0 Å². The molecule has 0 unspecified atom stereocenters. The third kappa shape index (κ3) is 3.02. The summed E-state index contributed by atoms with van der Waals surface area (Å²) in [5.74, 6) is 0.389. The number of carbonyl (C=O) groups excluding carboxylic acids is 1. The van der Waals surface area contributed by atoms with Crippen molar-refractivity contribution in [2.24, 2.45) is 5.92 Å². The van der Waals surface area contributed by atoms with Gasteiger partial charge in [0.15, 0.2) is 0 Å². The lowest BCUT2D eigenvalue weighted by Gasteiger charge is -2.33. The molecule has 2 amide bonds. The summed E-state index contributed by atoms with van der Waals surface area (Å²) in [6.45, 7) is 0.712. The maximum Gasteiger partial charge on any atom is 0.322 e. The summed E-state index contributed by atoms with van der Waals surface area (Å²) in [6.07, 6.45) is 6.26. The third-order valence-corrected chi connectivity index (χ3v) is 6.19. The van der Waals surface area contributed by atoms with Crippen molar-refractivity contribution in [2.75, 3.05) is 18.1 Å². The minimum absolute atomic E-state index is 0.0425. The summed E-state index contributed by atoms with van der Waals surface area (Å²) in [5, 5.41) is 2.99. The van der Waals surface area contributed by atoms with E-state index >= 15 is 0 Å². The topological polar surface area (TPSA) is 78.5 Å². The van der Waals surface area contributed by atoms with Gasteiger partial charge < -0.3 is 10.2 Å². The first-order valence-corrected chi connectivity index (χ1v) is 10.4. The van der Waals surface area contributed by atoms with Crippen LogP contribution < -0.4 is 10.0 Å². The van der Waals surface area contributed by atoms with Crippen LogP contribution >= 0.6 is 0 Å². The molecule has 7 heteroatoms. The first kappa shape index (κ1) is 15.9. The molecule has 1 aromatic rings. The number of benzene rings is 1. The molecular formula is C17H23N3O3S. The SMILES string of the molecule is CS(=O)(=O)N[C@H]1C[C@@H]2C[C@H]1N(C(=O)Nc1ccc3c(c1)CCC3)C2. The van der Waals surface area contributed by atoms with E-state index in [2.05, 4.69) is 22.2 Å². The fourth-order valence-electron chi connectivity index (χ4n) is 4.51. The molecule has 4 rings (SSSR count). The van der Waals surface area contributed by atoms with Gasteiger partial charge in [-0.25, -0.2) is 17.9 Å². The zero-order valence-corrected chi connectivity index (χ0v) is 14.6. The molecule has 0 spiro atoms. The minimum Gasteiger partial charge on any atom is -0.320 e. The number of hydrogen-bond donors (Lipinski definition) is 2. The van der Waals surface area contributed by atoms with E-state index in [9.17, 15) is 13.2 Å². The fourth-order valence-corrected chi connectivity index (χ4v) is 5.31. The van der Waals surface area contributed by atoms with Gasteiger partial charge >= 0.3 is 6.03 Å². The predicted octanol–water partition coefficient (Wildman–Crippen LogP) is 1.72. The molecule has 24 heavy (non-hydrogen) atoms. The first-order valence-electron chi connectivity index (χ1n) is 8.56. The molecule has 6 nitrogen and oxygen atoms in total. The van der Waals surface area contributed by atoms with E-state index in [1.165, 1.54) is 23.8 Å². The number of urea groups is 1. The molecule has 1 saturated heterocycles. The van der Waals surface area contributed by atoms with Gasteiger partial charge in [0.2, 0.25) is 10.0 Å². The van der Waals surface area contributed by atoms with Gasteiger partial charge in [-0.05, 0) is 61.3 Å². The second-order valence-corrected chi connectivity index (χ2v) is 9.10. The summed E-state index contributed by atoms with van der Waals surface area (Å²) in [7, 11) is -3.25. The van der Waals surface area contributed by atoms with Crippen molar-refractivity contribution in [2.45, 2.75) is 44.2 Å². The van der Waals surface area contributed by atoms with Crippen LogP contribution in [0, 0.1) is 5.92 Å². The monoisotopic (exact) mass is 349 g/mol. The number of anilines is 1. The Bertz CT molecular complexity index is 777. The zero-order chi connectivity index (χ0) is 16.9. The van der Waals surface area contributed by atoms with Crippen LogP contribution in [-0.4, -0.2) is 44.2 Å². The predicted molar refractivity (Wildman–Crippen MR) is 92.5 cm³/mol. The Balaban J connectivity index is 1.45. The van der Waals surface area contributed by atoms with Crippen LogP contribution in [0.2, 0.25) is 0 Å². The van der Waals surface area contributed by atoms with Gasteiger partial charge in [-0.3, -0.25) is 0 Å². The summed E-state index contributed by atoms with van der Waals surface area (Å²) >= 11 is 0. The number of fused-ring (bicyclic) bond motifs is 3. The summed E-state index contributed by atoms with van der Waals surface area (Å²) in [4.78, 5) is 14.4. The number of piperidine rings is 1. The van der Waals surface area contributed by atoms with Crippen molar-refractivity contribution in [3.05, 3.63) is 29.3 Å². The average molecular weight is 349 g/mol. The maximum atomic E-state index is 12.7. The number of amides is 2. The number of carbonyl (C=O) groups is 1. The van der Waals surface area contributed by atoms with Crippen molar-refractivity contribution in [3.63, 3.8) is 0 Å². The highest BCUT2D eigenvalue weighted by Crippen LogP contribution is 2.38. The van der Waals surface area contributed by atoms with E-state index < -0.39 is 10.0 Å². The lowest BCUT2D eigenvalue weighted by molar-refractivity contribution is 0.183. The molecule has 3 atom stereocenters. The molecule has 2 bridgehead atoms. The zero-order valence-electron chi connectivity index (χ0n) is 13.8. The number of nitrogens with one attached hydrogen (secondary N) is 2. The molecule has 1 aliphatic heterocycles. The van der Waals surface area contributed by atoms with Crippen LogP contribution in [0.4, 0.5) is 10.5 Å². The lowest BCUT2D eigenvalue weighted by atomic mass is 10.1. The summed E-state index contributed by atoms with van der Waals surface area (Å²) < 4.78 is 25.7. The normalized spacial score (nSPS) is 28.2. The third-order valence-electron chi connectivity index (χ3n) is 5.46. The molecule has 2 fully saturated rings. The van der Waals surface area contributed by atoms with Gasteiger partial charge in [0.25, 0.3) is 0 Å². The Morgan fingerprint density at radius 1 is 1.21 bits per heavy atom. The number of aryl methyl sites for hydroxylation is 2. The highest BCUT2D eigenvalue weighted by molar-refractivity contribution is 7.88. The highest BCUT2D eigenvalue weighted by atomic mass is 32.2. The van der Waals surface area contributed by atoms with E-state index in [1.807, 2.05) is 6.07 Å². The van der Waals surface area contributed by atoms with Crippen molar-refractivity contribution in [1.29, 1.82) is 0 Å². The van der Waals surface area contributed by atoms with E-state index in [4.69, 9.17) is 0 Å².